The van der Waals surface area contributed by atoms with Crippen molar-refractivity contribution in [2.45, 2.75) is 44.0 Å². The van der Waals surface area contributed by atoms with Crippen LogP contribution in [0, 0.1) is 13.8 Å². The number of aryl methyl sites for hydroxylation is 2. The first-order valence-corrected chi connectivity index (χ1v) is 11.7. The molecular formula is C21H29N5O3S. The highest BCUT2D eigenvalue weighted by molar-refractivity contribution is 7.89. The van der Waals surface area contributed by atoms with Crippen LogP contribution in [0.4, 0.5) is 5.82 Å². The number of hydrogen-bond acceptors (Lipinski definition) is 7. The molecule has 9 heteroatoms. The molecule has 1 atom stereocenters. The predicted molar refractivity (Wildman–Crippen MR) is 116 cm³/mol. The van der Waals surface area contributed by atoms with Gasteiger partial charge in [0, 0.05) is 31.6 Å². The van der Waals surface area contributed by atoms with Crippen molar-refractivity contribution in [2.75, 3.05) is 39.1 Å². The number of nitrogens with one attached hydrogen (secondary N) is 2. The molecule has 0 spiro atoms. The van der Waals surface area contributed by atoms with Crippen molar-refractivity contribution < 1.29 is 13.2 Å². The zero-order valence-electron chi connectivity index (χ0n) is 17.9. The summed E-state index contributed by atoms with van der Waals surface area (Å²) in [6.07, 6.45) is 1.58. The van der Waals surface area contributed by atoms with Gasteiger partial charge in [-0.1, -0.05) is 0 Å². The molecule has 1 fully saturated rings. The van der Waals surface area contributed by atoms with Crippen molar-refractivity contribution in [1.82, 2.24) is 19.6 Å². The van der Waals surface area contributed by atoms with Gasteiger partial charge in [0.15, 0.2) is 0 Å². The van der Waals surface area contributed by atoms with Crippen LogP contribution in [0.1, 0.15) is 40.5 Å². The van der Waals surface area contributed by atoms with E-state index in [-0.39, 0.29) is 12.5 Å². The van der Waals surface area contributed by atoms with E-state index < -0.39 is 10.0 Å². The molecule has 8 nitrogen and oxygen atoms in total. The summed E-state index contributed by atoms with van der Waals surface area (Å²) in [5.41, 5.74) is 3.30. The number of nitrogens with zero attached hydrogens (tertiary/aromatic N) is 3. The summed E-state index contributed by atoms with van der Waals surface area (Å²) >= 11 is 0. The monoisotopic (exact) mass is 431 g/mol. The molecule has 0 radical (unpaired) electrons. The Morgan fingerprint density at radius 1 is 1.23 bits per heavy atom. The van der Waals surface area contributed by atoms with E-state index in [1.54, 1.807) is 26.2 Å². The minimum absolute atomic E-state index is 0.256. The summed E-state index contributed by atoms with van der Waals surface area (Å²) in [4.78, 5) is 9.87. The van der Waals surface area contributed by atoms with Crippen LogP contribution < -0.4 is 15.4 Å². The number of methoxy groups -OCH3 is 1. The molecule has 30 heavy (non-hydrogen) atoms. The molecule has 0 amide bonds. The van der Waals surface area contributed by atoms with Crippen molar-refractivity contribution >= 4 is 15.8 Å². The maximum atomic E-state index is 13.5. The molecule has 162 valence electrons. The maximum absolute atomic E-state index is 13.5. The SMILES string of the molecule is CNc1nc([C@@H]2CCNC2)nc2c1CCN(S(=O)(=O)c1cc(C)c(OC)cc1C)C2. The molecule has 2 aliphatic rings. The Balaban J connectivity index is 1.69. The van der Waals surface area contributed by atoms with Crippen LogP contribution in [0.15, 0.2) is 17.0 Å². The minimum Gasteiger partial charge on any atom is -0.496 e. The lowest BCUT2D eigenvalue weighted by molar-refractivity contribution is 0.383. The number of sulfonamides is 1. The van der Waals surface area contributed by atoms with Gasteiger partial charge in [0.25, 0.3) is 0 Å². The number of anilines is 1. The van der Waals surface area contributed by atoms with E-state index in [1.165, 1.54) is 4.31 Å². The predicted octanol–water partition coefficient (Wildman–Crippen LogP) is 1.97. The molecule has 2 N–H and O–H groups in total. The Kier molecular flexibility index (Phi) is 5.69. The van der Waals surface area contributed by atoms with E-state index in [0.717, 1.165) is 48.0 Å². The smallest absolute Gasteiger partial charge is 0.243 e. The average molecular weight is 432 g/mol. The Bertz CT molecular complexity index is 1060. The van der Waals surface area contributed by atoms with Gasteiger partial charge in [-0.2, -0.15) is 4.31 Å². The van der Waals surface area contributed by atoms with Crippen molar-refractivity contribution in [1.29, 1.82) is 0 Å². The number of ether oxygens (including phenoxy) is 1. The number of benzene rings is 1. The highest BCUT2D eigenvalue weighted by atomic mass is 32.2. The largest absolute Gasteiger partial charge is 0.496 e. The van der Waals surface area contributed by atoms with Gasteiger partial charge in [-0.15, -0.1) is 0 Å². The molecule has 1 aromatic carbocycles. The van der Waals surface area contributed by atoms with Gasteiger partial charge in [0.1, 0.15) is 17.4 Å². The van der Waals surface area contributed by atoms with Gasteiger partial charge in [-0.25, -0.2) is 18.4 Å². The van der Waals surface area contributed by atoms with E-state index in [1.807, 2.05) is 14.0 Å². The summed E-state index contributed by atoms with van der Waals surface area (Å²) < 4.78 is 33.8. The number of aromatic nitrogens is 2. The summed E-state index contributed by atoms with van der Waals surface area (Å²) in [6.45, 7) is 6.13. The quantitative estimate of drug-likeness (QED) is 0.747. The normalized spacial score (nSPS) is 19.5. The maximum Gasteiger partial charge on any atom is 0.243 e. The summed E-state index contributed by atoms with van der Waals surface area (Å²) in [6, 6.07) is 3.49. The van der Waals surface area contributed by atoms with E-state index in [4.69, 9.17) is 14.7 Å². The second-order valence-corrected chi connectivity index (χ2v) is 9.88. The molecule has 2 aliphatic heterocycles. The Morgan fingerprint density at radius 2 is 2.03 bits per heavy atom. The molecule has 1 saturated heterocycles. The molecule has 0 aliphatic carbocycles. The summed E-state index contributed by atoms with van der Waals surface area (Å²) in [5, 5.41) is 6.53. The molecule has 0 saturated carbocycles. The zero-order chi connectivity index (χ0) is 21.5. The van der Waals surface area contributed by atoms with Crippen LogP contribution >= 0.6 is 0 Å². The van der Waals surface area contributed by atoms with Gasteiger partial charge in [0.05, 0.1) is 24.2 Å². The fourth-order valence-corrected chi connectivity index (χ4v) is 5.99. The molecule has 4 rings (SSSR count). The standard InChI is InChI=1S/C21H29N5O3S/c1-13-10-19(14(2)9-18(13)29-4)30(27,28)26-8-6-16-17(12-26)24-20(25-21(16)22-3)15-5-7-23-11-15/h9-10,15,23H,5-8,11-12H2,1-4H3,(H,22,24,25)/t15-/m1/s1. The summed E-state index contributed by atoms with van der Waals surface area (Å²) in [7, 11) is -0.205. The van der Waals surface area contributed by atoms with Crippen LogP contribution in [0.5, 0.6) is 5.75 Å². The third-order valence-corrected chi connectivity index (χ3v) is 8.01. The molecular weight excluding hydrogens is 402 g/mol. The van der Waals surface area contributed by atoms with E-state index in [2.05, 4.69) is 10.6 Å². The van der Waals surface area contributed by atoms with Crippen LogP contribution in [-0.4, -0.2) is 56.5 Å². The van der Waals surface area contributed by atoms with Crippen LogP contribution in [-0.2, 0) is 23.0 Å². The third-order valence-electron chi connectivity index (χ3n) is 6.02. The van der Waals surface area contributed by atoms with E-state index >= 15 is 0 Å². The lowest BCUT2D eigenvalue weighted by Crippen LogP contribution is -2.37. The molecule has 0 bridgehead atoms. The second-order valence-electron chi connectivity index (χ2n) is 7.97. The van der Waals surface area contributed by atoms with Gasteiger partial charge < -0.3 is 15.4 Å². The van der Waals surface area contributed by atoms with Crippen molar-refractivity contribution in [3.8, 4) is 5.75 Å². The van der Waals surface area contributed by atoms with E-state index in [0.29, 0.717) is 29.2 Å². The first kappa shape index (κ1) is 21.0. The fraction of sp³-hybridized carbons (Fsp3) is 0.524. The van der Waals surface area contributed by atoms with Crippen molar-refractivity contribution in [3.05, 3.63) is 40.3 Å². The lowest BCUT2D eigenvalue weighted by Gasteiger charge is -2.29. The van der Waals surface area contributed by atoms with Gasteiger partial charge in [0.2, 0.25) is 10.0 Å². The number of fused-ring (bicyclic) bond motifs is 1. The topological polar surface area (TPSA) is 96.5 Å². The molecule has 2 aromatic rings. The van der Waals surface area contributed by atoms with Gasteiger partial charge in [-0.05, 0) is 56.5 Å². The van der Waals surface area contributed by atoms with Crippen LogP contribution in [0.3, 0.4) is 0 Å². The fourth-order valence-electron chi connectivity index (χ4n) is 4.30. The van der Waals surface area contributed by atoms with Crippen molar-refractivity contribution in [3.63, 3.8) is 0 Å². The zero-order valence-corrected chi connectivity index (χ0v) is 18.8. The van der Waals surface area contributed by atoms with Gasteiger partial charge >= 0.3 is 0 Å². The third kappa shape index (κ3) is 3.66. The number of hydrogen-bond donors (Lipinski definition) is 2. The molecule has 3 heterocycles. The second kappa shape index (κ2) is 8.13. The van der Waals surface area contributed by atoms with Crippen LogP contribution in [0.2, 0.25) is 0 Å². The highest BCUT2D eigenvalue weighted by Crippen LogP contribution is 2.32. The first-order valence-electron chi connectivity index (χ1n) is 10.3. The minimum atomic E-state index is -3.65. The Labute approximate surface area is 178 Å². The molecule has 1 aromatic heterocycles. The Hall–Kier alpha value is -2.23. The average Bonchev–Trinajstić information content (AvgIpc) is 3.28. The first-order chi connectivity index (χ1) is 14.3. The van der Waals surface area contributed by atoms with E-state index in [9.17, 15) is 8.42 Å². The highest BCUT2D eigenvalue weighted by Gasteiger charge is 2.33. The lowest BCUT2D eigenvalue weighted by atomic mass is 10.0. The summed E-state index contributed by atoms with van der Waals surface area (Å²) in [5.74, 6) is 2.56. The van der Waals surface area contributed by atoms with Crippen molar-refractivity contribution in [2.24, 2.45) is 0 Å². The van der Waals surface area contributed by atoms with Gasteiger partial charge in [-0.3, -0.25) is 0 Å². The molecule has 0 unspecified atom stereocenters. The Morgan fingerprint density at radius 3 is 2.70 bits per heavy atom. The number of rotatable bonds is 5. The van der Waals surface area contributed by atoms with Crippen LogP contribution in [0.25, 0.3) is 0 Å².